The molecule has 1 aromatic rings. The van der Waals surface area contributed by atoms with E-state index >= 15 is 0 Å². The maximum absolute atomic E-state index is 13.5. The quantitative estimate of drug-likeness (QED) is 0.776. The van der Waals surface area contributed by atoms with Gasteiger partial charge < -0.3 is 5.11 Å². The molecule has 1 aliphatic carbocycles. The van der Waals surface area contributed by atoms with Crippen molar-refractivity contribution in [2.75, 3.05) is 6.26 Å². The van der Waals surface area contributed by atoms with Gasteiger partial charge in [-0.25, -0.2) is 13.2 Å². The molecular weight excluding hydrogens is 347 g/mol. The minimum absolute atomic E-state index is 0.215. The van der Waals surface area contributed by atoms with Crippen molar-refractivity contribution in [3.05, 3.63) is 35.9 Å². The Labute approximate surface area is 137 Å². The molecule has 0 unspecified atom stereocenters. The molecule has 5 nitrogen and oxygen atoms in total. The molecule has 24 heavy (non-hydrogen) atoms. The van der Waals surface area contributed by atoms with Crippen LogP contribution in [0.1, 0.15) is 30.9 Å². The predicted molar refractivity (Wildman–Crippen MR) is 80.9 cm³/mol. The van der Waals surface area contributed by atoms with E-state index < -0.39 is 32.9 Å². The van der Waals surface area contributed by atoms with Crippen LogP contribution in [-0.2, 0) is 14.6 Å². The van der Waals surface area contributed by atoms with Crippen molar-refractivity contribution in [2.24, 2.45) is 5.92 Å². The smallest absolute Gasteiger partial charge is 0.407 e. The molecule has 0 heterocycles. The van der Waals surface area contributed by atoms with Gasteiger partial charge in [0, 0.05) is 6.26 Å². The van der Waals surface area contributed by atoms with Gasteiger partial charge in [0.2, 0.25) is 4.87 Å². The van der Waals surface area contributed by atoms with Gasteiger partial charge >= 0.3 is 12.1 Å². The van der Waals surface area contributed by atoms with E-state index in [4.69, 9.17) is 0 Å². The second-order valence-corrected chi connectivity index (χ2v) is 8.32. The second-order valence-electron chi connectivity index (χ2n) is 6.08. The van der Waals surface area contributed by atoms with Crippen molar-refractivity contribution >= 4 is 15.8 Å². The molecule has 0 aliphatic heterocycles. The third kappa shape index (κ3) is 3.89. The van der Waals surface area contributed by atoms with Crippen molar-refractivity contribution in [2.45, 2.75) is 36.4 Å². The van der Waals surface area contributed by atoms with Crippen LogP contribution in [0.15, 0.2) is 30.3 Å². The average molecular weight is 365 g/mol. The summed E-state index contributed by atoms with van der Waals surface area (Å²) in [5, 5.41) is 11.4. The Morgan fingerprint density at radius 3 is 2.21 bits per heavy atom. The molecule has 0 aromatic heterocycles. The molecule has 1 aromatic carbocycles. The molecule has 2 atom stereocenters. The standard InChI is InChI=1S/C15H18F3NO4S/c1-24(22,23)14(13(20)21,9-10-7-8-10)19-12(15(16,17)18)11-5-3-2-4-6-11/h2-6,10,12,19H,7-9H2,1H3,(H,20,21)/t12-,14-/m1/s1. The average Bonchev–Trinajstić information content (AvgIpc) is 3.25. The van der Waals surface area contributed by atoms with E-state index in [1.807, 2.05) is 5.32 Å². The molecule has 1 saturated carbocycles. The Bertz CT molecular complexity index is 701. The lowest BCUT2D eigenvalue weighted by Crippen LogP contribution is -2.60. The minimum atomic E-state index is -4.85. The van der Waals surface area contributed by atoms with E-state index in [2.05, 4.69) is 0 Å². The molecule has 134 valence electrons. The van der Waals surface area contributed by atoms with Crippen LogP contribution in [0.25, 0.3) is 0 Å². The first kappa shape index (κ1) is 18.7. The Hall–Kier alpha value is -1.61. The fourth-order valence-electron chi connectivity index (χ4n) is 2.59. The van der Waals surface area contributed by atoms with E-state index in [0.717, 1.165) is 0 Å². The zero-order valence-corrected chi connectivity index (χ0v) is 13.7. The largest absolute Gasteiger partial charge is 0.479 e. The van der Waals surface area contributed by atoms with Gasteiger partial charge in [0.1, 0.15) is 6.04 Å². The molecular formula is C15H18F3NO4S. The monoisotopic (exact) mass is 365 g/mol. The number of halogens is 3. The lowest BCUT2D eigenvalue weighted by molar-refractivity contribution is -0.165. The number of sulfone groups is 1. The molecule has 9 heteroatoms. The van der Waals surface area contributed by atoms with Crippen LogP contribution in [0.4, 0.5) is 13.2 Å². The number of benzene rings is 1. The van der Waals surface area contributed by atoms with E-state index in [0.29, 0.717) is 19.1 Å². The van der Waals surface area contributed by atoms with Crippen LogP contribution in [0.3, 0.4) is 0 Å². The zero-order chi connectivity index (χ0) is 18.2. The van der Waals surface area contributed by atoms with Crippen LogP contribution < -0.4 is 5.32 Å². The molecule has 0 amide bonds. The fraction of sp³-hybridized carbons (Fsp3) is 0.533. The van der Waals surface area contributed by atoms with Crippen molar-refractivity contribution < 1.29 is 31.5 Å². The van der Waals surface area contributed by atoms with Crippen LogP contribution in [-0.4, -0.2) is 36.8 Å². The van der Waals surface area contributed by atoms with Crippen molar-refractivity contribution in [1.82, 2.24) is 5.32 Å². The Balaban J connectivity index is 2.50. The summed E-state index contributed by atoms with van der Waals surface area (Å²) >= 11 is 0. The molecule has 1 aliphatic rings. The van der Waals surface area contributed by atoms with Gasteiger partial charge in [0.25, 0.3) is 0 Å². The van der Waals surface area contributed by atoms with Gasteiger partial charge in [-0.15, -0.1) is 0 Å². The second kappa shape index (κ2) is 6.36. The number of carboxylic acid groups (broad SMARTS) is 1. The summed E-state index contributed by atoms with van der Waals surface area (Å²) in [5.74, 6) is -2.03. The Morgan fingerprint density at radius 2 is 1.83 bits per heavy atom. The fourth-order valence-corrected chi connectivity index (χ4v) is 3.77. The van der Waals surface area contributed by atoms with Crippen LogP contribution in [0.2, 0.25) is 0 Å². The van der Waals surface area contributed by atoms with Crippen molar-refractivity contribution in [3.63, 3.8) is 0 Å². The number of hydrogen-bond acceptors (Lipinski definition) is 4. The molecule has 0 saturated heterocycles. The van der Waals surface area contributed by atoms with Gasteiger partial charge in [-0.1, -0.05) is 43.2 Å². The summed E-state index contributed by atoms with van der Waals surface area (Å²) in [6, 6.07) is 4.22. The maximum Gasteiger partial charge on any atom is 0.407 e. The molecule has 0 bridgehead atoms. The van der Waals surface area contributed by atoms with E-state index in [1.165, 1.54) is 30.3 Å². The van der Waals surface area contributed by atoms with E-state index in [9.17, 15) is 31.5 Å². The topological polar surface area (TPSA) is 83.5 Å². The number of carbonyl (C=O) groups is 1. The maximum atomic E-state index is 13.5. The summed E-state index contributed by atoms with van der Waals surface area (Å²) in [6.07, 6.45) is -3.38. The van der Waals surface area contributed by atoms with Gasteiger partial charge in [-0.3, -0.25) is 5.32 Å². The summed E-state index contributed by atoms with van der Waals surface area (Å²) < 4.78 is 64.8. The predicted octanol–water partition coefficient (Wildman–Crippen LogP) is 2.51. The van der Waals surface area contributed by atoms with Crippen molar-refractivity contribution in [3.8, 4) is 0 Å². The third-order valence-corrected chi connectivity index (χ3v) is 5.81. The number of hydrogen-bond donors (Lipinski definition) is 2. The third-order valence-electron chi connectivity index (χ3n) is 4.09. The van der Waals surface area contributed by atoms with Gasteiger partial charge in [-0.2, -0.15) is 13.2 Å². The normalized spacial score (nSPS) is 19.5. The molecule has 2 N–H and O–H groups in total. The highest BCUT2D eigenvalue weighted by atomic mass is 32.2. The summed E-state index contributed by atoms with van der Waals surface area (Å²) in [7, 11) is -4.35. The molecule has 0 radical (unpaired) electrons. The molecule has 2 rings (SSSR count). The molecule has 0 spiro atoms. The number of rotatable bonds is 7. The van der Waals surface area contributed by atoms with E-state index in [1.54, 1.807) is 0 Å². The SMILES string of the molecule is CS(=O)(=O)[C@@](CC1CC1)(N[C@H](c1ccccc1)C(F)(F)F)C(=O)O. The van der Waals surface area contributed by atoms with Crippen LogP contribution >= 0.6 is 0 Å². The number of nitrogens with one attached hydrogen (secondary N) is 1. The highest BCUT2D eigenvalue weighted by Crippen LogP contribution is 2.42. The minimum Gasteiger partial charge on any atom is -0.479 e. The number of carboxylic acids is 1. The lowest BCUT2D eigenvalue weighted by Gasteiger charge is -2.34. The zero-order valence-electron chi connectivity index (χ0n) is 12.9. The Morgan fingerprint density at radius 1 is 1.29 bits per heavy atom. The first-order valence-corrected chi connectivity index (χ1v) is 9.19. The first-order valence-electron chi connectivity index (χ1n) is 7.30. The molecule has 1 fully saturated rings. The number of aliphatic carboxylic acids is 1. The van der Waals surface area contributed by atoms with E-state index in [-0.39, 0.29) is 17.9 Å². The van der Waals surface area contributed by atoms with Crippen LogP contribution in [0, 0.1) is 5.92 Å². The highest BCUT2D eigenvalue weighted by Gasteiger charge is 2.56. The highest BCUT2D eigenvalue weighted by molar-refractivity contribution is 7.92. The van der Waals surface area contributed by atoms with Gasteiger partial charge in [-0.05, 0) is 17.9 Å². The van der Waals surface area contributed by atoms with Gasteiger partial charge in [0.15, 0.2) is 9.84 Å². The van der Waals surface area contributed by atoms with Gasteiger partial charge in [0.05, 0.1) is 0 Å². The lowest BCUT2D eigenvalue weighted by atomic mass is 10.0. The summed E-state index contributed by atoms with van der Waals surface area (Å²) in [4.78, 5) is 9.04. The number of alkyl halides is 3. The van der Waals surface area contributed by atoms with Crippen LogP contribution in [0.5, 0.6) is 0 Å². The Kier molecular flexibility index (Phi) is 4.96. The summed E-state index contributed by atoms with van der Waals surface area (Å²) in [6.45, 7) is 0. The first-order chi connectivity index (χ1) is 11.0. The summed E-state index contributed by atoms with van der Waals surface area (Å²) in [5.41, 5.74) is -0.241. The van der Waals surface area contributed by atoms with Crippen molar-refractivity contribution in [1.29, 1.82) is 0 Å².